The molecule has 226 valence electrons. The minimum absolute atomic E-state index is 0.149. The minimum Gasteiger partial charge on any atom is -0.455 e. The topological polar surface area (TPSA) is 66.8 Å². The number of aryl methyl sites for hydroxylation is 2. The highest BCUT2D eigenvalue weighted by atomic mass is 19.4. The van der Waals surface area contributed by atoms with Crippen LogP contribution < -0.4 is 5.32 Å². The Kier molecular flexibility index (Phi) is 8.50. The van der Waals surface area contributed by atoms with Gasteiger partial charge < -0.3 is 19.5 Å². The van der Waals surface area contributed by atoms with Crippen LogP contribution in [0.2, 0.25) is 0 Å². The van der Waals surface area contributed by atoms with Crippen molar-refractivity contribution in [2.24, 2.45) is 5.92 Å². The number of hydrogen-bond acceptors (Lipinski definition) is 5. The van der Waals surface area contributed by atoms with E-state index in [0.717, 1.165) is 45.5 Å². The van der Waals surface area contributed by atoms with Crippen LogP contribution in [0.3, 0.4) is 0 Å². The fourth-order valence-corrected chi connectivity index (χ4v) is 5.55. The Morgan fingerprint density at radius 1 is 1.02 bits per heavy atom. The van der Waals surface area contributed by atoms with E-state index in [1.807, 2.05) is 19.1 Å². The molecule has 2 aromatic carbocycles. The monoisotopic (exact) mass is 588 g/mol. The maximum absolute atomic E-state index is 13.7. The van der Waals surface area contributed by atoms with Crippen LogP contribution in [-0.4, -0.2) is 71.8 Å². The summed E-state index contributed by atoms with van der Waals surface area (Å²) >= 11 is 0. The average Bonchev–Trinajstić information content (AvgIpc) is 3.73. The number of hydrogen-bond donors (Lipinski definition) is 1. The Morgan fingerprint density at radius 2 is 1.74 bits per heavy atom. The highest BCUT2D eigenvalue weighted by molar-refractivity contribution is 6.04. The van der Waals surface area contributed by atoms with Crippen LogP contribution in [0.5, 0.6) is 0 Å². The van der Waals surface area contributed by atoms with Crippen molar-refractivity contribution in [3.05, 3.63) is 64.1 Å². The lowest BCUT2D eigenvalue weighted by atomic mass is 10.0. The van der Waals surface area contributed by atoms with Gasteiger partial charge in [-0.1, -0.05) is 6.07 Å². The van der Waals surface area contributed by atoms with Crippen molar-refractivity contribution >= 4 is 28.5 Å². The Morgan fingerprint density at radius 3 is 2.38 bits per heavy atom. The molecule has 11 heteroatoms. The highest BCUT2D eigenvalue weighted by Gasteiger charge is 2.31. The maximum atomic E-state index is 13.7. The first-order valence-electron chi connectivity index (χ1n) is 14.3. The zero-order valence-electron chi connectivity index (χ0n) is 24.1. The summed E-state index contributed by atoms with van der Waals surface area (Å²) in [5.41, 5.74) is 6.49. The van der Waals surface area contributed by atoms with Crippen molar-refractivity contribution in [2.45, 2.75) is 52.9 Å². The SMILES string of the molecule is Cc1cc(F)ccc1CNc1cc(C(=O)N2CCN(CC(=O)OCC(F)(F)F)CC2)cc2c(C)c(C)n(CC3CC3)c12. The van der Waals surface area contributed by atoms with Crippen molar-refractivity contribution in [1.82, 2.24) is 14.4 Å². The number of alkyl halides is 3. The molecule has 0 atom stereocenters. The molecule has 1 saturated heterocycles. The van der Waals surface area contributed by atoms with Gasteiger partial charge in [0.05, 0.1) is 17.7 Å². The number of nitrogens with one attached hydrogen (secondary N) is 1. The van der Waals surface area contributed by atoms with Crippen molar-refractivity contribution in [2.75, 3.05) is 44.6 Å². The smallest absolute Gasteiger partial charge is 0.422 e. The Bertz CT molecular complexity index is 1490. The van der Waals surface area contributed by atoms with Gasteiger partial charge in [0.25, 0.3) is 5.91 Å². The molecule has 0 spiro atoms. The number of halogens is 4. The molecule has 7 nitrogen and oxygen atoms in total. The van der Waals surface area contributed by atoms with Gasteiger partial charge in [-0.15, -0.1) is 0 Å². The lowest BCUT2D eigenvalue weighted by Gasteiger charge is -2.34. The number of rotatable bonds is 9. The zero-order valence-corrected chi connectivity index (χ0v) is 24.1. The predicted octanol–water partition coefficient (Wildman–Crippen LogP) is 5.59. The molecule has 1 amide bonds. The molecular formula is C31H36F4N4O3. The van der Waals surface area contributed by atoms with Crippen molar-refractivity contribution in [3.8, 4) is 0 Å². The summed E-state index contributed by atoms with van der Waals surface area (Å²) in [7, 11) is 0. The summed E-state index contributed by atoms with van der Waals surface area (Å²) < 4.78 is 57.4. The van der Waals surface area contributed by atoms with Crippen LogP contribution in [-0.2, 0) is 22.6 Å². The lowest BCUT2D eigenvalue weighted by Crippen LogP contribution is -2.50. The number of ether oxygens (including phenoxy) is 1. The molecule has 0 unspecified atom stereocenters. The first kappa shape index (κ1) is 29.9. The zero-order chi connectivity index (χ0) is 30.2. The molecule has 1 aliphatic heterocycles. The predicted molar refractivity (Wildman–Crippen MR) is 152 cm³/mol. The number of carbonyl (C=O) groups excluding carboxylic acids is 2. The van der Waals surface area contributed by atoms with E-state index in [1.165, 1.54) is 25.0 Å². The molecule has 0 bridgehead atoms. The van der Waals surface area contributed by atoms with Crippen LogP contribution in [0.15, 0.2) is 30.3 Å². The van der Waals surface area contributed by atoms with Gasteiger partial charge in [-0.05, 0) is 80.5 Å². The summed E-state index contributed by atoms with van der Waals surface area (Å²) in [5, 5.41) is 4.54. The van der Waals surface area contributed by atoms with Gasteiger partial charge in [-0.2, -0.15) is 13.2 Å². The molecular weight excluding hydrogens is 552 g/mol. The number of benzene rings is 2. The molecule has 0 radical (unpaired) electrons. The van der Waals surface area contributed by atoms with Gasteiger partial charge in [0.2, 0.25) is 0 Å². The minimum atomic E-state index is -4.57. The number of piperazine rings is 1. The Hall–Kier alpha value is -3.60. The largest absolute Gasteiger partial charge is 0.455 e. The maximum Gasteiger partial charge on any atom is 0.422 e. The first-order valence-corrected chi connectivity index (χ1v) is 14.3. The van der Waals surface area contributed by atoms with Crippen molar-refractivity contribution < 1.29 is 31.9 Å². The third-order valence-corrected chi connectivity index (χ3v) is 8.30. The third-order valence-electron chi connectivity index (χ3n) is 8.30. The number of anilines is 1. The Labute approximate surface area is 242 Å². The van der Waals surface area contributed by atoms with E-state index in [0.29, 0.717) is 44.2 Å². The standard InChI is InChI=1S/C31H36F4N4O3/c1-19-12-25(32)7-6-23(19)15-36-27-14-24(13-26-20(2)21(3)39(29(26)27)16-22-4-5-22)30(41)38-10-8-37(9-11-38)17-28(40)42-18-31(33,34)35/h6-7,12-14,22,36H,4-5,8-11,15-18H2,1-3H3. The molecule has 1 aliphatic carbocycles. The number of esters is 1. The molecule has 1 aromatic heterocycles. The summed E-state index contributed by atoms with van der Waals surface area (Å²) in [6, 6.07) is 8.54. The van der Waals surface area contributed by atoms with Gasteiger partial charge in [0.15, 0.2) is 6.61 Å². The summed E-state index contributed by atoms with van der Waals surface area (Å²) in [6.07, 6.45) is -2.15. The lowest BCUT2D eigenvalue weighted by molar-refractivity contribution is -0.187. The van der Waals surface area contributed by atoms with Crippen LogP contribution in [0.25, 0.3) is 10.9 Å². The second kappa shape index (κ2) is 11.9. The summed E-state index contributed by atoms with van der Waals surface area (Å²) in [5.74, 6) is -0.723. The van der Waals surface area contributed by atoms with E-state index in [1.54, 1.807) is 15.9 Å². The van der Waals surface area contributed by atoms with Gasteiger partial charge >= 0.3 is 12.1 Å². The molecule has 1 N–H and O–H groups in total. The number of nitrogens with zero attached hydrogens (tertiary/aromatic N) is 3. The summed E-state index contributed by atoms with van der Waals surface area (Å²) in [4.78, 5) is 28.9. The van der Waals surface area contributed by atoms with Crippen LogP contribution in [0, 0.1) is 32.5 Å². The normalized spacial score (nSPS) is 16.2. The molecule has 2 aliphatic rings. The second-order valence-corrected chi connectivity index (χ2v) is 11.5. The van der Waals surface area contributed by atoms with Crippen molar-refractivity contribution in [1.29, 1.82) is 0 Å². The fourth-order valence-electron chi connectivity index (χ4n) is 5.55. The first-order chi connectivity index (χ1) is 19.9. The molecule has 1 saturated carbocycles. The van der Waals surface area contributed by atoms with E-state index in [9.17, 15) is 27.2 Å². The van der Waals surface area contributed by atoms with Crippen LogP contribution >= 0.6 is 0 Å². The number of aromatic nitrogens is 1. The third kappa shape index (κ3) is 6.88. The highest BCUT2D eigenvalue weighted by Crippen LogP contribution is 2.38. The Balaban J connectivity index is 1.35. The second-order valence-electron chi connectivity index (χ2n) is 11.5. The van der Waals surface area contributed by atoms with Crippen LogP contribution in [0.1, 0.15) is 45.6 Å². The van der Waals surface area contributed by atoms with E-state index in [-0.39, 0.29) is 18.3 Å². The number of fused-ring (bicyclic) bond motifs is 1. The average molecular weight is 589 g/mol. The van der Waals surface area contributed by atoms with Gasteiger partial charge in [-0.25, -0.2) is 4.39 Å². The fraction of sp³-hybridized carbons (Fsp3) is 0.484. The molecule has 2 heterocycles. The van der Waals surface area contributed by atoms with E-state index < -0.39 is 18.8 Å². The van der Waals surface area contributed by atoms with Gasteiger partial charge in [0, 0.05) is 55.9 Å². The molecule has 5 rings (SSSR count). The summed E-state index contributed by atoms with van der Waals surface area (Å²) in [6.45, 7) is 6.93. The van der Waals surface area contributed by atoms with Crippen LogP contribution in [0.4, 0.5) is 23.2 Å². The molecule has 2 fully saturated rings. The van der Waals surface area contributed by atoms with Gasteiger partial charge in [-0.3, -0.25) is 14.5 Å². The molecule has 42 heavy (non-hydrogen) atoms. The van der Waals surface area contributed by atoms with E-state index >= 15 is 0 Å². The van der Waals surface area contributed by atoms with Gasteiger partial charge in [0.1, 0.15) is 5.82 Å². The number of carbonyl (C=O) groups is 2. The van der Waals surface area contributed by atoms with Crippen molar-refractivity contribution in [3.63, 3.8) is 0 Å². The quantitative estimate of drug-likeness (QED) is 0.261. The number of amides is 1. The molecule has 3 aromatic rings. The van der Waals surface area contributed by atoms with E-state index in [4.69, 9.17) is 0 Å². The van der Waals surface area contributed by atoms with E-state index in [2.05, 4.69) is 28.5 Å².